The van der Waals surface area contributed by atoms with Crippen LogP contribution in [0.3, 0.4) is 0 Å². The van der Waals surface area contributed by atoms with Crippen molar-refractivity contribution in [3.05, 3.63) is 35.9 Å². The lowest BCUT2D eigenvalue weighted by atomic mass is 9.99. The molecule has 2 saturated heterocycles. The molecule has 1 unspecified atom stereocenters. The summed E-state index contributed by atoms with van der Waals surface area (Å²) >= 11 is 0. The zero-order valence-electron chi connectivity index (χ0n) is 15.2. The van der Waals surface area contributed by atoms with E-state index >= 15 is 0 Å². The maximum absolute atomic E-state index is 12.4. The summed E-state index contributed by atoms with van der Waals surface area (Å²) in [6, 6.07) is 10.3. The molecule has 2 heterocycles. The summed E-state index contributed by atoms with van der Waals surface area (Å²) in [5.41, 5.74) is 0.664. The average Bonchev–Trinajstić information content (AvgIpc) is 2.96. The number of hydrogen-bond acceptors (Lipinski definition) is 3. The molecule has 6 heteroatoms. The second-order valence-corrected chi connectivity index (χ2v) is 7.72. The highest BCUT2D eigenvalue weighted by Crippen LogP contribution is 2.31. The molecule has 2 aliphatic rings. The van der Waals surface area contributed by atoms with Crippen LogP contribution in [0.5, 0.6) is 0 Å². The molecule has 1 aromatic rings. The van der Waals surface area contributed by atoms with Crippen LogP contribution in [0.2, 0.25) is 0 Å². The van der Waals surface area contributed by atoms with Crippen LogP contribution < -0.4 is 5.32 Å². The molecule has 0 aromatic heterocycles. The molecule has 1 atom stereocenters. The predicted octanol–water partition coefficient (Wildman–Crippen LogP) is 3.15. The van der Waals surface area contributed by atoms with Gasteiger partial charge < -0.3 is 19.9 Å². The molecule has 0 spiro atoms. The van der Waals surface area contributed by atoms with E-state index in [2.05, 4.69) is 17.4 Å². The Kier molecular flexibility index (Phi) is 4.88. The van der Waals surface area contributed by atoms with Crippen LogP contribution in [0, 0.1) is 0 Å². The van der Waals surface area contributed by atoms with Gasteiger partial charge in [0.1, 0.15) is 5.60 Å². The number of rotatable bonds is 2. The minimum Gasteiger partial charge on any atom is -0.444 e. The molecule has 1 N–H and O–H groups in total. The normalized spacial score (nSPS) is 22.0. The highest BCUT2D eigenvalue weighted by atomic mass is 16.6. The smallest absolute Gasteiger partial charge is 0.410 e. The SMILES string of the molecule is CC(C)(C)OC(=O)N1CCC(N2C(=O)NCC2c2ccccc2)CC1. The topological polar surface area (TPSA) is 61.9 Å². The lowest BCUT2D eigenvalue weighted by Crippen LogP contribution is -2.49. The number of nitrogens with one attached hydrogen (secondary N) is 1. The first kappa shape index (κ1) is 17.6. The molecule has 2 aliphatic heterocycles. The third kappa shape index (κ3) is 4.06. The standard InChI is InChI=1S/C19H27N3O3/c1-19(2,3)25-18(24)21-11-9-15(10-12-21)22-16(13-20-17(22)23)14-7-5-4-6-8-14/h4-8,15-16H,9-13H2,1-3H3,(H,20,23). The summed E-state index contributed by atoms with van der Waals surface area (Å²) in [6.07, 6.45) is 1.28. The van der Waals surface area contributed by atoms with Crippen LogP contribution in [-0.2, 0) is 4.74 Å². The van der Waals surface area contributed by atoms with Crippen LogP contribution in [0.25, 0.3) is 0 Å². The number of carbonyl (C=O) groups excluding carboxylic acids is 2. The minimum absolute atomic E-state index is 0.00966. The van der Waals surface area contributed by atoms with Crippen molar-refractivity contribution in [2.75, 3.05) is 19.6 Å². The first-order valence-electron chi connectivity index (χ1n) is 8.94. The summed E-state index contributed by atoms with van der Waals surface area (Å²) in [5.74, 6) is 0. The van der Waals surface area contributed by atoms with Gasteiger partial charge in [0.2, 0.25) is 0 Å². The van der Waals surface area contributed by atoms with Crippen molar-refractivity contribution in [1.29, 1.82) is 0 Å². The van der Waals surface area contributed by atoms with E-state index in [1.165, 1.54) is 0 Å². The van der Waals surface area contributed by atoms with Crippen LogP contribution in [-0.4, -0.2) is 53.2 Å². The molecule has 1 aromatic carbocycles. The summed E-state index contributed by atoms with van der Waals surface area (Å²) in [4.78, 5) is 28.3. The minimum atomic E-state index is -0.485. The first-order chi connectivity index (χ1) is 11.8. The van der Waals surface area contributed by atoms with Gasteiger partial charge in [-0.2, -0.15) is 0 Å². The zero-order valence-corrected chi connectivity index (χ0v) is 15.2. The van der Waals surface area contributed by atoms with Gasteiger partial charge in [-0.1, -0.05) is 30.3 Å². The van der Waals surface area contributed by atoms with E-state index in [1.807, 2.05) is 43.9 Å². The first-order valence-corrected chi connectivity index (χ1v) is 8.94. The van der Waals surface area contributed by atoms with Gasteiger partial charge in [-0.15, -0.1) is 0 Å². The largest absolute Gasteiger partial charge is 0.444 e. The Morgan fingerprint density at radius 1 is 1.16 bits per heavy atom. The maximum Gasteiger partial charge on any atom is 0.410 e. The Morgan fingerprint density at radius 2 is 1.80 bits per heavy atom. The van der Waals surface area contributed by atoms with E-state index in [-0.39, 0.29) is 24.2 Å². The zero-order chi connectivity index (χ0) is 18.0. The summed E-state index contributed by atoms with van der Waals surface area (Å²) < 4.78 is 5.44. The van der Waals surface area contributed by atoms with Crippen LogP contribution in [0.4, 0.5) is 9.59 Å². The number of carbonyl (C=O) groups is 2. The Morgan fingerprint density at radius 3 is 2.40 bits per heavy atom. The van der Waals surface area contributed by atoms with Crippen molar-refractivity contribution in [1.82, 2.24) is 15.1 Å². The lowest BCUT2D eigenvalue weighted by molar-refractivity contribution is 0.0158. The molecule has 3 rings (SSSR count). The molecule has 3 amide bonds. The number of urea groups is 1. The Hall–Kier alpha value is -2.24. The number of benzene rings is 1. The van der Waals surface area contributed by atoms with Gasteiger partial charge in [-0.25, -0.2) is 9.59 Å². The van der Waals surface area contributed by atoms with Gasteiger partial charge >= 0.3 is 12.1 Å². The Bertz CT molecular complexity index is 619. The van der Waals surface area contributed by atoms with Gasteiger partial charge in [0.15, 0.2) is 0 Å². The van der Waals surface area contributed by atoms with E-state index in [1.54, 1.807) is 4.90 Å². The average molecular weight is 345 g/mol. The Balaban J connectivity index is 1.63. The van der Waals surface area contributed by atoms with Crippen LogP contribution in [0.1, 0.15) is 45.2 Å². The van der Waals surface area contributed by atoms with E-state index in [0.717, 1.165) is 18.4 Å². The molecule has 0 saturated carbocycles. The van der Waals surface area contributed by atoms with Crippen molar-refractivity contribution in [3.63, 3.8) is 0 Å². The summed E-state index contributed by atoms with van der Waals surface area (Å²) in [6.45, 7) is 7.48. The molecule has 6 nitrogen and oxygen atoms in total. The van der Waals surface area contributed by atoms with E-state index in [4.69, 9.17) is 4.74 Å². The highest BCUT2D eigenvalue weighted by molar-refractivity contribution is 5.77. The maximum atomic E-state index is 12.4. The fraction of sp³-hybridized carbons (Fsp3) is 0.579. The van der Waals surface area contributed by atoms with Gasteiger partial charge in [0.25, 0.3) is 0 Å². The molecule has 136 valence electrons. The van der Waals surface area contributed by atoms with Gasteiger partial charge in [-0.05, 0) is 39.2 Å². The summed E-state index contributed by atoms with van der Waals surface area (Å²) in [5, 5.41) is 2.96. The second kappa shape index (κ2) is 6.94. The molecular weight excluding hydrogens is 318 g/mol. The third-order valence-corrected chi connectivity index (χ3v) is 4.71. The number of piperidine rings is 1. The second-order valence-electron chi connectivity index (χ2n) is 7.72. The van der Waals surface area contributed by atoms with Crippen molar-refractivity contribution >= 4 is 12.1 Å². The third-order valence-electron chi connectivity index (χ3n) is 4.71. The van der Waals surface area contributed by atoms with E-state index < -0.39 is 5.60 Å². The molecule has 2 fully saturated rings. The van der Waals surface area contributed by atoms with Crippen LogP contribution >= 0.6 is 0 Å². The van der Waals surface area contributed by atoms with Gasteiger partial charge in [-0.3, -0.25) is 0 Å². The fourth-order valence-electron chi connectivity index (χ4n) is 3.54. The molecule has 0 radical (unpaired) electrons. The number of amides is 3. The van der Waals surface area contributed by atoms with Crippen molar-refractivity contribution in [2.45, 2.75) is 51.3 Å². The molecule has 25 heavy (non-hydrogen) atoms. The van der Waals surface area contributed by atoms with E-state index in [0.29, 0.717) is 19.6 Å². The molecule has 0 bridgehead atoms. The van der Waals surface area contributed by atoms with Crippen LogP contribution in [0.15, 0.2) is 30.3 Å². The van der Waals surface area contributed by atoms with Gasteiger partial charge in [0, 0.05) is 25.7 Å². The number of ether oxygens (including phenoxy) is 1. The lowest BCUT2D eigenvalue weighted by Gasteiger charge is -2.39. The predicted molar refractivity (Wildman–Crippen MR) is 95.2 cm³/mol. The Labute approximate surface area is 149 Å². The van der Waals surface area contributed by atoms with E-state index in [9.17, 15) is 9.59 Å². The summed E-state index contributed by atoms with van der Waals surface area (Å²) in [7, 11) is 0. The van der Waals surface area contributed by atoms with Crippen molar-refractivity contribution in [2.24, 2.45) is 0 Å². The quantitative estimate of drug-likeness (QED) is 0.896. The molecular formula is C19H27N3O3. The van der Waals surface area contributed by atoms with Crippen molar-refractivity contribution in [3.8, 4) is 0 Å². The monoisotopic (exact) mass is 345 g/mol. The number of nitrogens with zero attached hydrogens (tertiary/aromatic N) is 2. The molecule has 0 aliphatic carbocycles. The van der Waals surface area contributed by atoms with Gasteiger partial charge in [0.05, 0.1) is 6.04 Å². The fourth-order valence-corrected chi connectivity index (χ4v) is 3.54. The van der Waals surface area contributed by atoms with Crippen molar-refractivity contribution < 1.29 is 14.3 Å². The number of hydrogen-bond donors (Lipinski definition) is 1. The number of likely N-dealkylation sites (tertiary alicyclic amines) is 1. The highest BCUT2D eigenvalue weighted by Gasteiger charge is 2.39.